The zero-order valence-electron chi connectivity index (χ0n) is 11.9. The van der Waals surface area contributed by atoms with E-state index in [1.54, 1.807) is 6.07 Å². The number of nitro groups is 1. The molecule has 1 N–H and O–H groups in total. The van der Waals surface area contributed by atoms with E-state index in [4.69, 9.17) is 5.26 Å². The van der Waals surface area contributed by atoms with Crippen molar-refractivity contribution in [1.29, 1.82) is 5.26 Å². The lowest BCUT2D eigenvalue weighted by molar-refractivity contribution is -0.384. The van der Waals surface area contributed by atoms with Gasteiger partial charge in [-0.05, 0) is 31.0 Å². The number of hydrogen-bond donors (Lipinski definition) is 1. The number of anilines is 1. The zero-order chi connectivity index (χ0) is 15.4. The molecule has 0 unspecified atom stereocenters. The van der Waals surface area contributed by atoms with Crippen molar-refractivity contribution in [3.05, 3.63) is 68.8 Å². The molecule has 5 heteroatoms. The van der Waals surface area contributed by atoms with E-state index in [0.717, 1.165) is 11.1 Å². The van der Waals surface area contributed by atoms with Crippen molar-refractivity contribution in [1.82, 2.24) is 0 Å². The van der Waals surface area contributed by atoms with Gasteiger partial charge >= 0.3 is 0 Å². The Labute approximate surface area is 123 Å². The van der Waals surface area contributed by atoms with E-state index in [1.165, 1.54) is 17.7 Å². The molecule has 0 radical (unpaired) electrons. The Kier molecular flexibility index (Phi) is 4.19. The number of non-ortho nitro benzene ring substituents is 1. The molecule has 0 bridgehead atoms. The van der Waals surface area contributed by atoms with E-state index in [-0.39, 0.29) is 11.3 Å². The molecule has 0 heterocycles. The van der Waals surface area contributed by atoms with E-state index in [1.807, 2.05) is 32.0 Å². The Morgan fingerprint density at radius 1 is 1.24 bits per heavy atom. The van der Waals surface area contributed by atoms with E-state index in [0.29, 0.717) is 12.2 Å². The van der Waals surface area contributed by atoms with E-state index in [2.05, 4.69) is 11.4 Å². The lowest BCUT2D eigenvalue weighted by atomic mass is 10.1. The molecule has 0 saturated carbocycles. The average Bonchev–Trinajstić information content (AvgIpc) is 2.47. The minimum absolute atomic E-state index is 0.0798. The maximum atomic E-state index is 10.7. The third-order valence-electron chi connectivity index (χ3n) is 3.31. The van der Waals surface area contributed by atoms with Crippen molar-refractivity contribution in [2.45, 2.75) is 20.4 Å². The summed E-state index contributed by atoms with van der Waals surface area (Å²) in [5.74, 6) is 0. The third kappa shape index (κ3) is 3.37. The average molecular weight is 281 g/mol. The molecule has 0 amide bonds. The van der Waals surface area contributed by atoms with Gasteiger partial charge in [-0.1, -0.05) is 23.8 Å². The first-order chi connectivity index (χ1) is 10.0. The zero-order valence-corrected chi connectivity index (χ0v) is 11.9. The van der Waals surface area contributed by atoms with Gasteiger partial charge in [0.25, 0.3) is 5.69 Å². The molecule has 0 aliphatic carbocycles. The van der Waals surface area contributed by atoms with Gasteiger partial charge in [0.05, 0.1) is 16.2 Å². The van der Waals surface area contributed by atoms with Gasteiger partial charge in [-0.25, -0.2) is 0 Å². The van der Waals surface area contributed by atoms with Crippen molar-refractivity contribution < 1.29 is 4.92 Å². The fourth-order valence-electron chi connectivity index (χ4n) is 2.07. The van der Waals surface area contributed by atoms with Crippen LogP contribution in [-0.4, -0.2) is 4.92 Å². The summed E-state index contributed by atoms with van der Waals surface area (Å²) in [6.45, 7) is 4.62. The topological polar surface area (TPSA) is 79.0 Å². The van der Waals surface area contributed by atoms with Crippen molar-refractivity contribution in [3.63, 3.8) is 0 Å². The molecule has 0 fully saturated rings. The highest BCUT2D eigenvalue weighted by Crippen LogP contribution is 2.22. The highest BCUT2D eigenvalue weighted by molar-refractivity contribution is 5.61. The molecule has 0 saturated heterocycles. The van der Waals surface area contributed by atoms with E-state index >= 15 is 0 Å². The summed E-state index contributed by atoms with van der Waals surface area (Å²) in [4.78, 5) is 10.2. The molecule has 5 nitrogen and oxygen atoms in total. The van der Waals surface area contributed by atoms with Crippen LogP contribution in [0.4, 0.5) is 11.4 Å². The molecule has 2 aromatic rings. The quantitative estimate of drug-likeness (QED) is 0.684. The molecule has 0 aliphatic rings. The molecule has 21 heavy (non-hydrogen) atoms. The number of nitriles is 1. The van der Waals surface area contributed by atoms with E-state index in [9.17, 15) is 10.1 Å². The van der Waals surface area contributed by atoms with Crippen molar-refractivity contribution in [3.8, 4) is 6.07 Å². The molecule has 2 rings (SSSR count). The first-order valence-electron chi connectivity index (χ1n) is 6.50. The largest absolute Gasteiger partial charge is 0.380 e. The summed E-state index contributed by atoms with van der Waals surface area (Å²) in [5, 5.41) is 23.0. The SMILES string of the molecule is Cc1ccc(C)c(CNc2ccc([N+](=O)[O-])cc2C#N)c1. The second kappa shape index (κ2) is 6.06. The predicted octanol–water partition coefficient (Wildman–Crippen LogP) is 3.70. The number of nitrogens with zero attached hydrogens (tertiary/aromatic N) is 2. The number of hydrogen-bond acceptors (Lipinski definition) is 4. The highest BCUT2D eigenvalue weighted by Gasteiger charge is 2.10. The van der Waals surface area contributed by atoms with Crippen LogP contribution in [0.25, 0.3) is 0 Å². The van der Waals surface area contributed by atoms with Crippen LogP contribution < -0.4 is 5.32 Å². The van der Waals surface area contributed by atoms with Crippen LogP contribution in [-0.2, 0) is 6.54 Å². The summed E-state index contributed by atoms with van der Waals surface area (Å²) >= 11 is 0. The van der Waals surface area contributed by atoms with Crippen LogP contribution in [0.15, 0.2) is 36.4 Å². The number of benzene rings is 2. The van der Waals surface area contributed by atoms with Crippen molar-refractivity contribution >= 4 is 11.4 Å². The second-order valence-corrected chi connectivity index (χ2v) is 4.88. The maximum Gasteiger partial charge on any atom is 0.270 e. The van der Waals surface area contributed by atoms with Gasteiger partial charge in [0.15, 0.2) is 0 Å². The van der Waals surface area contributed by atoms with Gasteiger partial charge in [0, 0.05) is 18.7 Å². The van der Waals surface area contributed by atoms with Crippen LogP contribution in [0, 0.1) is 35.3 Å². The smallest absolute Gasteiger partial charge is 0.270 e. The molecule has 2 aromatic carbocycles. The summed E-state index contributed by atoms with van der Waals surface area (Å²) < 4.78 is 0. The number of aryl methyl sites for hydroxylation is 2. The van der Waals surface area contributed by atoms with Gasteiger partial charge < -0.3 is 5.32 Å². The van der Waals surface area contributed by atoms with Gasteiger partial charge in [0.2, 0.25) is 0 Å². The Bertz CT molecular complexity index is 733. The molecule has 0 atom stereocenters. The first-order valence-corrected chi connectivity index (χ1v) is 6.50. The molecular formula is C16H15N3O2. The van der Waals surface area contributed by atoms with Crippen molar-refractivity contribution in [2.24, 2.45) is 0 Å². The fourth-order valence-corrected chi connectivity index (χ4v) is 2.07. The number of rotatable bonds is 4. The fraction of sp³-hybridized carbons (Fsp3) is 0.188. The lowest BCUT2D eigenvalue weighted by Crippen LogP contribution is -2.03. The third-order valence-corrected chi connectivity index (χ3v) is 3.31. The Morgan fingerprint density at radius 3 is 2.67 bits per heavy atom. The Balaban J connectivity index is 2.22. The molecule has 0 spiro atoms. The maximum absolute atomic E-state index is 10.7. The van der Waals surface area contributed by atoms with Crippen LogP contribution in [0.3, 0.4) is 0 Å². The normalized spacial score (nSPS) is 9.95. The summed E-state index contributed by atoms with van der Waals surface area (Å²) in [6, 6.07) is 12.4. The summed E-state index contributed by atoms with van der Waals surface area (Å²) in [6.07, 6.45) is 0. The molecule has 0 aliphatic heterocycles. The molecular weight excluding hydrogens is 266 g/mol. The minimum atomic E-state index is -0.505. The minimum Gasteiger partial charge on any atom is -0.380 e. The van der Waals surface area contributed by atoms with Crippen LogP contribution >= 0.6 is 0 Å². The standard InChI is InChI=1S/C16H15N3O2/c1-11-3-4-12(2)14(7-11)10-18-16-6-5-15(19(20)21)8-13(16)9-17/h3-8,18H,10H2,1-2H3. The summed E-state index contributed by atoms with van der Waals surface area (Å²) in [5.41, 5.74) is 4.26. The highest BCUT2D eigenvalue weighted by atomic mass is 16.6. The number of nitrogens with one attached hydrogen (secondary N) is 1. The van der Waals surface area contributed by atoms with Gasteiger partial charge in [-0.3, -0.25) is 10.1 Å². The molecule has 0 aromatic heterocycles. The van der Waals surface area contributed by atoms with Crippen LogP contribution in [0.1, 0.15) is 22.3 Å². The van der Waals surface area contributed by atoms with Gasteiger partial charge in [0.1, 0.15) is 6.07 Å². The van der Waals surface area contributed by atoms with Crippen LogP contribution in [0.2, 0.25) is 0 Å². The summed E-state index contributed by atoms with van der Waals surface area (Å²) in [7, 11) is 0. The predicted molar refractivity (Wildman–Crippen MR) is 81.1 cm³/mol. The number of nitro benzene ring substituents is 1. The molecule has 106 valence electrons. The van der Waals surface area contributed by atoms with E-state index < -0.39 is 4.92 Å². The Hall–Kier alpha value is -2.87. The first kappa shape index (κ1) is 14.5. The monoisotopic (exact) mass is 281 g/mol. The lowest BCUT2D eigenvalue weighted by Gasteiger charge is -2.11. The van der Waals surface area contributed by atoms with Crippen LogP contribution in [0.5, 0.6) is 0 Å². The van der Waals surface area contributed by atoms with Gasteiger partial charge in [-0.2, -0.15) is 5.26 Å². The van der Waals surface area contributed by atoms with Gasteiger partial charge in [-0.15, -0.1) is 0 Å². The Morgan fingerprint density at radius 2 is 2.00 bits per heavy atom. The second-order valence-electron chi connectivity index (χ2n) is 4.88. The van der Waals surface area contributed by atoms with Crippen molar-refractivity contribution in [2.75, 3.05) is 5.32 Å².